The highest BCUT2D eigenvalue weighted by molar-refractivity contribution is 5.48. The number of hydrogen-bond donors (Lipinski definition) is 1. The van der Waals surface area contributed by atoms with Gasteiger partial charge in [0.15, 0.2) is 0 Å². The highest BCUT2D eigenvalue weighted by Crippen LogP contribution is 2.18. The summed E-state index contributed by atoms with van der Waals surface area (Å²) < 4.78 is 0. The second-order valence-electron chi connectivity index (χ2n) is 6.11. The molecule has 1 N–H and O–H groups in total. The number of rotatable bonds is 5. The molecule has 1 heterocycles. The number of aryl methyl sites for hydroxylation is 1. The Balaban J connectivity index is 1.82. The van der Waals surface area contributed by atoms with Crippen LogP contribution in [0, 0.1) is 18.3 Å². The average Bonchev–Trinajstić information content (AvgIpc) is 2.53. The first-order chi connectivity index (χ1) is 10.1. The van der Waals surface area contributed by atoms with Gasteiger partial charge in [-0.25, -0.2) is 0 Å². The van der Waals surface area contributed by atoms with Gasteiger partial charge in [-0.05, 0) is 45.0 Å². The van der Waals surface area contributed by atoms with Crippen molar-refractivity contribution in [1.29, 1.82) is 5.26 Å². The lowest BCUT2D eigenvalue weighted by Crippen LogP contribution is -2.49. The molecule has 1 aromatic rings. The molecule has 0 aromatic heterocycles. The van der Waals surface area contributed by atoms with Crippen LogP contribution >= 0.6 is 0 Å². The van der Waals surface area contributed by atoms with Crippen molar-refractivity contribution >= 4 is 5.69 Å². The van der Waals surface area contributed by atoms with Crippen LogP contribution in [0.25, 0.3) is 0 Å². The van der Waals surface area contributed by atoms with Crippen molar-refractivity contribution in [2.24, 2.45) is 0 Å². The highest BCUT2D eigenvalue weighted by Gasteiger charge is 2.24. The molecule has 4 nitrogen and oxygen atoms in total. The molecular formula is C17H26N4. The Bertz CT molecular complexity index is 500. The number of benzene rings is 1. The summed E-state index contributed by atoms with van der Waals surface area (Å²) in [6.45, 7) is 9.35. The monoisotopic (exact) mass is 286 g/mol. The lowest BCUT2D eigenvalue weighted by atomic mass is 10.00. The van der Waals surface area contributed by atoms with Crippen molar-refractivity contribution in [1.82, 2.24) is 10.2 Å². The zero-order valence-corrected chi connectivity index (χ0v) is 13.4. The summed E-state index contributed by atoms with van der Waals surface area (Å²) in [5, 5.41) is 12.3. The van der Waals surface area contributed by atoms with Gasteiger partial charge in [0, 0.05) is 38.4 Å². The molecule has 1 aromatic carbocycles. The lowest BCUT2D eigenvalue weighted by molar-refractivity contribution is 0.235. The van der Waals surface area contributed by atoms with Gasteiger partial charge in [-0.1, -0.05) is 12.1 Å². The maximum absolute atomic E-state index is 9.19. The molecular weight excluding hydrogens is 260 g/mol. The second kappa shape index (κ2) is 6.93. The van der Waals surface area contributed by atoms with Gasteiger partial charge in [-0.2, -0.15) is 5.26 Å². The molecule has 1 aliphatic rings. The van der Waals surface area contributed by atoms with Crippen LogP contribution in [0.15, 0.2) is 24.3 Å². The predicted octanol–water partition coefficient (Wildman–Crippen LogP) is 2.01. The summed E-state index contributed by atoms with van der Waals surface area (Å²) in [7, 11) is 1.86. The topological polar surface area (TPSA) is 42.3 Å². The van der Waals surface area contributed by atoms with E-state index in [1.165, 1.54) is 11.3 Å². The van der Waals surface area contributed by atoms with E-state index in [-0.39, 0.29) is 0 Å². The minimum absolute atomic E-state index is 0.409. The molecule has 0 aliphatic carbocycles. The van der Waals surface area contributed by atoms with Crippen molar-refractivity contribution < 1.29 is 0 Å². The normalized spacial score (nSPS) is 19.0. The molecule has 1 fully saturated rings. The zero-order valence-electron chi connectivity index (χ0n) is 13.4. The molecule has 1 saturated heterocycles. The van der Waals surface area contributed by atoms with Gasteiger partial charge in [-0.3, -0.25) is 4.90 Å². The van der Waals surface area contributed by atoms with Crippen molar-refractivity contribution in [3.05, 3.63) is 29.8 Å². The lowest BCUT2D eigenvalue weighted by Gasteiger charge is -2.37. The first kappa shape index (κ1) is 15.8. The molecule has 1 unspecified atom stereocenters. The third-order valence-electron chi connectivity index (χ3n) is 4.47. The Hall–Kier alpha value is -1.57. The molecule has 2 rings (SSSR count). The zero-order chi connectivity index (χ0) is 15.3. The Kier molecular flexibility index (Phi) is 5.22. The Morgan fingerprint density at radius 3 is 2.57 bits per heavy atom. The summed E-state index contributed by atoms with van der Waals surface area (Å²) >= 11 is 0. The van der Waals surface area contributed by atoms with Crippen molar-refractivity contribution in [2.45, 2.75) is 25.8 Å². The minimum Gasteiger partial charge on any atom is -0.369 e. The molecule has 114 valence electrons. The number of nitrogens with one attached hydrogen (secondary N) is 1. The molecule has 0 bridgehead atoms. The molecule has 4 heteroatoms. The van der Waals surface area contributed by atoms with Gasteiger partial charge >= 0.3 is 0 Å². The van der Waals surface area contributed by atoms with Crippen LogP contribution in [0.5, 0.6) is 0 Å². The van der Waals surface area contributed by atoms with Gasteiger partial charge in [0.05, 0.1) is 6.07 Å². The fourth-order valence-electron chi connectivity index (χ4n) is 2.67. The summed E-state index contributed by atoms with van der Waals surface area (Å²) in [4.78, 5) is 4.91. The summed E-state index contributed by atoms with van der Waals surface area (Å²) in [6, 6.07) is 11.1. The van der Waals surface area contributed by atoms with Crippen LogP contribution in [0.1, 0.15) is 18.9 Å². The Morgan fingerprint density at radius 2 is 2.00 bits per heavy atom. The summed E-state index contributed by atoms with van der Waals surface area (Å²) in [5.74, 6) is 0. The maximum Gasteiger partial charge on any atom is 0.104 e. The molecule has 21 heavy (non-hydrogen) atoms. The fourth-order valence-corrected chi connectivity index (χ4v) is 2.67. The predicted molar refractivity (Wildman–Crippen MR) is 87.5 cm³/mol. The van der Waals surface area contributed by atoms with E-state index in [9.17, 15) is 5.26 Å². The maximum atomic E-state index is 9.19. The van der Waals surface area contributed by atoms with E-state index in [1.54, 1.807) is 0 Å². The quantitative estimate of drug-likeness (QED) is 0.899. The van der Waals surface area contributed by atoms with Crippen LogP contribution in [0.3, 0.4) is 0 Å². The average molecular weight is 286 g/mol. The third-order valence-corrected chi connectivity index (χ3v) is 4.47. The Labute approximate surface area is 128 Å². The van der Waals surface area contributed by atoms with E-state index in [0.29, 0.717) is 0 Å². The standard InChI is InChI=1S/C17H26N4/c1-15-5-4-6-16(13-15)21-11-9-20(10-12-21)8-7-17(2,14-18)19-3/h4-6,13,19H,7-12H2,1-3H3. The van der Waals surface area contributed by atoms with Crippen LogP contribution < -0.4 is 10.2 Å². The van der Waals surface area contributed by atoms with Gasteiger partial charge < -0.3 is 10.2 Å². The molecule has 1 atom stereocenters. The van der Waals surface area contributed by atoms with Crippen LogP contribution in [0.4, 0.5) is 5.69 Å². The van der Waals surface area contributed by atoms with Crippen LogP contribution in [-0.4, -0.2) is 50.2 Å². The Morgan fingerprint density at radius 1 is 1.29 bits per heavy atom. The molecule has 0 radical (unpaired) electrons. The molecule has 0 saturated carbocycles. The smallest absolute Gasteiger partial charge is 0.104 e. The first-order valence-electron chi connectivity index (χ1n) is 7.70. The van der Waals surface area contributed by atoms with E-state index in [1.807, 2.05) is 14.0 Å². The first-order valence-corrected chi connectivity index (χ1v) is 7.70. The summed E-state index contributed by atoms with van der Waals surface area (Å²) in [5.41, 5.74) is 2.23. The van der Waals surface area contributed by atoms with Crippen LogP contribution in [-0.2, 0) is 0 Å². The van der Waals surface area contributed by atoms with Gasteiger partial charge in [0.25, 0.3) is 0 Å². The summed E-state index contributed by atoms with van der Waals surface area (Å²) in [6.07, 6.45) is 0.866. The fraction of sp³-hybridized carbons (Fsp3) is 0.588. The SMILES string of the molecule is CNC(C)(C#N)CCN1CCN(c2cccc(C)c2)CC1. The third kappa shape index (κ3) is 4.20. The minimum atomic E-state index is -0.409. The van der Waals surface area contributed by atoms with Crippen molar-refractivity contribution in [2.75, 3.05) is 44.7 Å². The molecule has 1 aliphatic heterocycles. The van der Waals surface area contributed by atoms with E-state index in [0.717, 1.165) is 39.1 Å². The van der Waals surface area contributed by atoms with E-state index in [4.69, 9.17) is 0 Å². The van der Waals surface area contributed by atoms with Gasteiger partial charge in [0.1, 0.15) is 5.54 Å². The van der Waals surface area contributed by atoms with Crippen molar-refractivity contribution in [3.63, 3.8) is 0 Å². The number of hydrogen-bond acceptors (Lipinski definition) is 4. The van der Waals surface area contributed by atoms with E-state index < -0.39 is 5.54 Å². The van der Waals surface area contributed by atoms with Gasteiger partial charge in [0.2, 0.25) is 0 Å². The number of piperazine rings is 1. The van der Waals surface area contributed by atoms with E-state index in [2.05, 4.69) is 52.4 Å². The van der Waals surface area contributed by atoms with E-state index >= 15 is 0 Å². The number of nitrogens with zero attached hydrogens (tertiary/aromatic N) is 3. The molecule has 0 amide bonds. The largest absolute Gasteiger partial charge is 0.369 e. The second-order valence-corrected chi connectivity index (χ2v) is 6.11. The van der Waals surface area contributed by atoms with Crippen LogP contribution in [0.2, 0.25) is 0 Å². The van der Waals surface area contributed by atoms with Crippen molar-refractivity contribution in [3.8, 4) is 6.07 Å². The number of anilines is 1. The van der Waals surface area contributed by atoms with Gasteiger partial charge in [-0.15, -0.1) is 0 Å². The number of nitriles is 1. The molecule has 0 spiro atoms. The highest BCUT2D eigenvalue weighted by atomic mass is 15.3.